The van der Waals surface area contributed by atoms with E-state index >= 15 is 0 Å². The van der Waals surface area contributed by atoms with Crippen LogP contribution in [-0.2, 0) is 14.8 Å². The Morgan fingerprint density at radius 3 is 2.28 bits per heavy atom. The number of hydrogen-bond donors (Lipinski definition) is 2. The number of aldehydes is 1. The lowest BCUT2D eigenvalue weighted by Crippen LogP contribution is -2.60. The summed E-state index contributed by atoms with van der Waals surface area (Å²) in [5.41, 5.74) is -0.439. The van der Waals surface area contributed by atoms with Crippen molar-refractivity contribution in [2.75, 3.05) is 30.4 Å². The van der Waals surface area contributed by atoms with Gasteiger partial charge in [-0.05, 0) is 84.8 Å². The molecule has 1 aliphatic rings. The van der Waals surface area contributed by atoms with Crippen LogP contribution in [0.25, 0.3) is 17.1 Å². The molecule has 1 saturated carbocycles. The van der Waals surface area contributed by atoms with Crippen molar-refractivity contribution in [1.82, 2.24) is 14.0 Å². The maximum Gasteiger partial charge on any atom is 0.336 e. The zero-order valence-electron chi connectivity index (χ0n) is 21.7. The molecule has 0 atom stereocenters. The van der Waals surface area contributed by atoms with Gasteiger partial charge < -0.3 is 10.2 Å². The van der Waals surface area contributed by atoms with Crippen LogP contribution in [0.1, 0.15) is 25.8 Å². The Balaban J connectivity index is 2.15. The SMILES string of the molecule is C/C(C=O)=c1/c(=C(/Nc2ccc(I)cc2F)N(C)C)c(=O)n(C2CC2)c(=O)n1-c1ccc(NS(C)(=O)=O)cc1. The van der Waals surface area contributed by atoms with Gasteiger partial charge >= 0.3 is 5.69 Å². The van der Waals surface area contributed by atoms with Crippen molar-refractivity contribution in [2.24, 2.45) is 0 Å². The molecule has 3 aromatic rings. The molecule has 0 radical (unpaired) electrons. The van der Waals surface area contributed by atoms with Gasteiger partial charge in [-0.3, -0.25) is 23.4 Å². The first kappa shape index (κ1) is 28.5. The monoisotopic (exact) mass is 667 g/mol. The predicted octanol–water partition coefficient (Wildman–Crippen LogP) is 1.56. The average molecular weight is 668 g/mol. The summed E-state index contributed by atoms with van der Waals surface area (Å²) in [4.78, 5) is 41.4. The largest absolute Gasteiger partial charge is 0.364 e. The molecule has 1 fully saturated rings. The first-order valence-corrected chi connectivity index (χ1v) is 14.8. The van der Waals surface area contributed by atoms with Gasteiger partial charge in [0.05, 0.1) is 23.0 Å². The molecule has 0 amide bonds. The number of aromatic nitrogens is 2. The van der Waals surface area contributed by atoms with Gasteiger partial charge in [0.1, 0.15) is 23.1 Å². The van der Waals surface area contributed by atoms with E-state index < -0.39 is 27.1 Å². The molecule has 10 nitrogen and oxygen atoms in total. The van der Waals surface area contributed by atoms with Gasteiger partial charge in [-0.1, -0.05) is 0 Å². The minimum absolute atomic E-state index is 0.0207. The van der Waals surface area contributed by atoms with Crippen LogP contribution in [0.15, 0.2) is 52.1 Å². The van der Waals surface area contributed by atoms with Gasteiger partial charge in [-0.15, -0.1) is 0 Å². The van der Waals surface area contributed by atoms with Crippen LogP contribution in [0.5, 0.6) is 0 Å². The normalized spacial score (nSPS) is 14.9. The van der Waals surface area contributed by atoms with E-state index in [-0.39, 0.29) is 39.4 Å². The van der Waals surface area contributed by atoms with Crippen molar-refractivity contribution < 1.29 is 17.6 Å². The third kappa shape index (κ3) is 6.08. The lowest BCUT2D eigenvalue weighted by atomic mass is 10.2. The first-order valence-electron chi connectivity index (χ1n) is 11.9. The maximum absolute atomic E-state index is 14.8. The van der Waals surface area contributed by atoms with Crippen molar-refractivity contribution in [2.45, 2.75) is 25.8 Å². The summed E-state index contributed by atoms with van der Waals surface area (Å²) >= 11 is 1.99. The van der Waals surface area contributed by atoms with Gasteiger partial charge in [0.2, 0.25) is 10.0 Å². The van der Waals surface area contributed by atoms with E-state index in [1.807, 2.05) is 22.6 Å². The zero-order chi connectivity index (χ0) is 28.6. The third-order valence-electron chi connectivity index (χ3n) is 6.05. The molecule has 0 saturated heterocycles. The Bertz CT molecular complexity index is 1810. The van der Waals surface area contributed by atoms with Gasteiger partial charge in [0.25, 0.3) is 5.56 Å². The minimum atomic E-state index is -3.53. The molecule has 0 unspecified atom stereocenters. The maximum atomic E-state index is 14.8. The number of sulfonamides is 1. The quantitative estimate of drug-likeness (QED) is 0.276. The second-order valence-corrected chi connectivity index (χ2v) is 12.5. The number of carbonyl (C=O) groups excluding carboxylic acids is 1. The van der Waals surface area contributed by atoms with Gasteiger partial charge in [-0.2, -0.15) is 0 Å². The number of rotatable bonds is 8. The number of nitrogens with zero attached hydrogens (tertiary/aromatic N) is 3. The molecule has 0 aliphatic heterocycles. The predicted molar refractivity (Wildman–Crippen MR) is 157 cm³/mol. The van der Waals surface area contributed by atoms with Crippen LogP contribution in [0.3, 0.4) is 0 Å². The Kier molecular flexibility index (Phi) is 8.02. The second-order valence-electron chi connectivity index (χ2n) is 9.46. The Morgan fingerprint density at radius 2 is 1.77 bits per heavy atom. The molecule has 1 aromatic heterocycles. The summed E-state index contributed by atoms with van der Waals surface area (Å²) in [5, 5.41) is 3.06. The number of nitrogens with one attached hydrogen (secondary N) is 2. The molecule has 0 spiro atoms. The van der Waals surface area contributed by atoms with Crippen LogP contribution < -0.4 is 31.9 Å². The highest BCUT2D eigenvalue weighted by molar-refractivity contribution is 14.1. The molecule has 39 heavy (non-hydrogen) atoms. The van der Waals surface area contributed by atoms with Crippen molar-refractivity contribution in [3.63, 3.8) is 0 Å². The molecule has 1 heterocycles. The summed E-state index contributed by atoms with van der Waals surface area (Å²) in [6, 6.07) is 10.3. The standard InChI is InChI=1S/C26H27FIN5O5S/c1-15(14-34)23-22(24(31(2)3)29-21-12-5-16(28)13-20(21)27)25(35)33(19-10-11-19)26(36)32(23)18-8-6-17(7-9-18)30-39(4,37)38/h5-9,12-14,19,29-30H,10-11H2,1-4H3/b23-15+,24-22+. The number of anilines is 2. The molecule has 2 aromatic carbocycles. The summed E-state index contributed by atoms with van der Waals surface area (Å²) in [5.74, 6) is -0.349. The Morgan fingerprint density at radius 1 is 1.13 bits per heavy atom. The van der Waals surface area contributed by atoms with Crippen LogP contribution in [0.4, 0.5) is 15.8 Å². The topological polar surface area (TPSA) is 123 Å². The molecule has 1 aliphatic carbocycles. The van der Waals surface area contributed by atoms with Crippen molar-refractivity contribution in [1.29, 1.82) is 0 Å². The fraction of sp³-hybridized carbons (Fsp3) is 0.269. The fourth-order valence-electron chi connectivity index (χ4n) is 4.17. The summed E-state index contributed by atoms with van der Waals surface area (Å²) in [7, 11) is -0.207. The smallest absolute Gasteiger partial charge is 0.336 e. The molecule has 4 rings (SSSR count). The lowest BCUT2D eigenvalue weighted by molar-refractivity contribution is -0.103. The Labute approximate surface area is 237 Å². The van der Waals surface area contributed by atoms with E-state index in [0.29, 0.717) is 28.4 Å². The number of halogens is 2. The fourth-order valence-corrected chi connectivity index (χ4v) is 5.19. The molecular weight excluding hydrogens is 640 g/mol. The lowest BCUT2D eigenvalue weighted by Gasteiger charge is -2.21. The average Bonchev–Trinajstić information content (AvgIpc) is 3.68. The van der Waals surface area contributed by atoms with Crippen LogP contribution >= 0.6 is 22.6 Å². The van der Waals surface area contributed by atoms with E-state index in [0.717, 1.165) is 10.8 Å². The summed E-state index contributed by atoms with van der Waals surface area (Å²) in [6.45, 7) is 1.49. The highest BCUT2D eigenvalue weighted by Gasteiger charge is 2.30. The summed E-state index contributed by atoms with van der Waals surface area (Å²) in [6.07, 6.45) is 2.84. The third-order valence-corrected chi connectivity index (χ3v) is 7.33. The van der Waals surface area contributed by atoms with Crippen LogP contribution in [-0.4, -0.2) is 49.1 Å². The van der Waals surface area contributed by atoms with E-state index in [2.05, 4.69) is 10.0 Å². The molecule has 13 heteroatoms. The van der Waals surface area contributed by atoms with Gasteiger partial charge in [0.15, 0.2) is 0 Å². The molecule has 2 N–H and O–H groups in total. The Hall–Kier alpha value is -3.46. The summed E-state index contributed by atoms with van der Waals surface area (Å²) < 4.78 is 43.6. The van der Waals surface area contributed by atoms with Crippen LogP contribution in [0.2, 0.25) is 0 Å². The molecular formula is C26H27FIN5O5S. The van der Waals surface area contributed by atoms with E-state index in [1.165, 1.54) is 41.8 Å². The highest BCUT2D eigenvalue weighted by Crippen LogP contribution is 2.32. The number of hydrogen-bond acceptors (Lipinski definition) is 7. The minimum Gasteiger partial charge on any atom is -0.364 e. The molecule has 0 bridgehead atoms. The zero-order valence-corrected chi connectivity index (χ0v) is 24.6. The van der Waals surface area contributed by atoms with Gasteiger partial charge in [-0.25, -0.2) is 17.6 Å². The number of benzene rings is 2. The van der Waals surface area contributed by atoms with E-state index in [4.69, 9.17) is 0 Å². The van der Waals surface area contributed by atoms with E-state index in [1.54, 1.807) is 31.1 Å². The second kappa shape index (κ2) is 11.0. The van der Waals surface area contributed by atoms with Crippen LogP contribution in [0, 0.1) is 9.39 Å². The molecule has 206 valence electrons. The first-order chi connectivity index (χ1) is 18.3. The highest BCUT2D eigenvalue weighted by atomic mass is 127. The van der Waals surface area contributed by atoms with Crippen molar-refractivity contribution >= 4 is 61.7 Å². The van der Waals surface area contributed by atoms with Crippen molar-refractivity contribution in [3.05, 3.63) is 83.3 Å². The van der Waals surface area contributed by atoms with Gasteiger partial charge in [0, 0.05) is 35.0 Å². The van der Waals surface area contributed by atoms with E-state index in [9.17, 15) is 27.2 Å². The number of carbonyl (C=O) groups is 1. The van der Waals surface area contributed by atoms with Crippen molar-refractivity contribution in [3.8, 4) is 5.69 Å².